The smallest absolute Gasteiger partial charge is 0.253 e. The summed E-state index contributed by atoms with van der Waals surface area (Å²) in [5.74, 6) is -0.213. The molecule has 0 bridgehead atoms. The fourth-order valence-electron chi connectivity index (χ4n) is 1.49. The minimum atomic E-state index is -0.213. The molecule has 0 aliphatic rings. The molecular weight excluding hydrogens is 270 g/mol. The van der Waals surface area contributed by atoms with Gasteiger partial charge in [0.2, 0.25) is 0 Å². The lowest BCUT2D eigenvalue weighted by Crippen LogP contribution is -2.23. The number of halogens is 1. The third kappa shape index (κ3) is 3.00. The van der Waals surface area contributed by atoms with Crippen LogP contribution < -0.4 is 11.1 Å². The maximum atomic E-state index is 11.9. The maximum absolute atomic E-state index is 11.9. The van der Waals surface area contributed by atoms with Gasteiger partial charge in [-0.05, 0) is 25.1 Å². The van der Waals surface area contributed by atoms with Crippen LogP contribution in [0.3, 0.4) is 0 Å². The maximum Gasteiger partial charge on any atom is 0.253 e. The highest BCUT2D eigenvalue weighted by Gasteiger charge is 2.10. The van der Waals surface area contributed by atoms with E-state index < -0.39 is 0 Å². The van der Waals surface area contributed by atoms with E-state index in [0.717, 1.165) is 9.88 Å². The molecule has 3 N–H and O–H groups in total. The van der Waals surface area contributed by atoms with E-state index in [1.54, 1.807) is 35.7 Å². The molecule has 0 saturated heterocycles. The largest absolute Gasteiger partial charge is 0.398 e. The average molecular weight is 282 g/mol. The standard InChI is InChI=1S/C12H12ClN3OS/c1-7-15-5-9(18-7)6-16-12(17)10-3-2-8(13)4-11(10)14/h2-5H,6,14H2,1H3,(H,16,17). The monoisotopic (exact) mass is 281 g/mol. The molecule has 0 radical (unpaired) electrons. The summed E-state index contributed by atoms with van der Waals surface area (Å²) in [6, 6.07) is 4.82. The van der Waals surface area contributed by atoms with Crippen molar-refractivity contribution in [2.24, 2.45) is 0 Å². The van der Waals surface area contributed by atoms with E-state index in [1.807, 2.05) is 6.92 Å². The molecule has 1 aromatic carbocycles. The molecule has 0 spiro atoms. The van der Waals surface area contributed by atoms with Crippen molar-refractivity contribution in [3.05, 3.63) is 44.9 Å². The minimum absolute atomic E-state index is 0.213. The molecule has 0 aliphatic carbocycles. The van der Waals surface area contributed by atoms with E-state index in [-0.39, 0.29) is 5.91 Å². The second-order valence-corrected chi connectivity index (χ2v) is 5.52. The lowest BCUT2D eigenvalue weighted by molar-refractivity contribution is 0.0952. The van der Waals surface area contributed by atoms with Crippen LogP contribution in [-0.2, 0) is 6.54 Å². The van der Waals surface area contributed by atoms with Crippen LogP contribution in [-0.4, -0.2) is 10.9 Å². The van der Waals surface area contributed by atoms with Crippen molar-refractivity contribution in [1.29, 1.82) is 0 Å². The summed E-state index contributed by atoms with van der Waals surface area (Å²) in [5, 5.41) is 4.29. The van der Waals surface area contributed by atoms with Crippen LogP contribution in [0.5, 0.6) is 0 Å². The molecule has 2 rings (SSSR count). The molecule has 0 unspecified atom stereocenters. The number of hydrogen-bond acceptors (Lipinski definition) is 4. The summed E-state index contributed by atoms with van der Waals surface area (Å²) in [4.78, 5) is 17.0. The molecular formula is C12H12ClN3OS. The summed E-state index contributed by atoms with van der Waals surface area (Å²) in [6.07, 6.45) is 1.76. The molecule has 6 heteroatoms. The number of nitrogens with one attached hydrogen (secondary N) is 1. The third-order valence-electron chi connectivity index (χ3n) is 2.35. The SMILES string of the molecule is Cc1ncc(CNC(=O)c2ccc(Cl)cc2N)s1. The lowest BCUT2D eigenvalue weighted by atomic mass is 10.1. The first kappa shape index (κ1) is 12.9. The van der Waals surface area contributed by atoms with Gasteiger partial charge in [-0.25, -0.2) is 4.98 Å². The first-order chi connectivity index (χ1) is 8.56. The summed E-state index contributed by atoms with van der Waals surface area (Å²) in [5.41, 5.74) is 6.55. The van der Waals surface area contributed by atoms with Gasteiger partial charge in [-0.15, -0.1) is 11.3 Å². The Morgan fingerprint density at radius 1 is 1.56 bits per heavy atom. The number of nitrogen functional groups attached to an aromatic ring is 1. The highest BCUT2D eigenvalue weighted by Crippen LogP contribution is 2.18. The summed E-state index contributed by atoms with van der Waals surface area (Å²) >= 11 is 7.33. The normalized spacial score (nSPS) is 10.3. The fraction of sp³-hybridized carbons (Fsp3) is 0.167. The van der Waals surface area contributed by atoms with Crippen molar-refractivity contribution >= 4 is 34.5 Å². The van der Waals surface area contributed by atoms with E-state index in [0.29, 0.717) is 22.8 Å². The Morgan fingerprint density at radius 2 is 2.33 bits per heavy atom. The lowest BCUT2D eigenvalue weighted by Gasteiger charge is -2.06. The number of thiazole rings is 1. The molecule has 2 aromatic rings. The summed E-state index contributed by atoms with van der Waals surface area (Å²) in [6.45, 7) is 2.37. The Bertz CT molecular complexity index is 582. The van der Waals surface area contributed by atoms with Gasteiger partial charge in [0.25, 0.3) is 5.91 Å². The van der Waals surface area contributed by atoms with Crippen LogP contribution in [0.15, 0.2) is 24.4 Å². The Labute approximate surface area is 114 Å². The second kappa shape index (κ2) is 5.37. The quantitative estimate of drug-likeness (QED) is 0.850. The first-order valence-electron chi connectivity index (χ1n) is 5.31. The Hall–Kier alpha value is -1.59. The van der Waals surface area contributed by atoms with Gasteiger partial charge in [0, 0.05) is 21.8 Å². The topological polar surface area (TPSA) is 68.0 Å². The Morgan fingerprint density at radius 3 is 2.94 bits per heavy atom. The zero-order chi connectivity index (χ0) is 13.1. The molecule has 1 aromatic heterocycles. The van der Waals surface area contributed by atoms with Crippen LogP contribution in [0.25, 0.3) is 0 Å². The van der Waals surface area contributed by atoms with Crippen LogP contribution in [0, 0.1) is 6.92 Å². The number of aromatic nitrogens is 1. The molecule has 1 heterocycles. The molecule has 0 atom stereocenters. The molecule has 1 amide bonds. The van der Waals surface area contributed by atoms with E-state index in [4.69, 9.17) is 17.3 Å². The first-order valence-corrected chi connectivity index (χ1v) is 6.50. The number of benzene rings is 1. The number of carbonyl (C=O) groups excluding carboxylic acids is 1. The second-order valence-electron chi connectivity index (χ2n) is 3.76. The van der Waals surface area contributed by atoms with Crippen molar-refractivity contribution in [3.8, 4) is 0 Å². The number of carbonyl (C=O) groups is 1. The number of anilines is 1. The predicted molar refractivity (Wildman–Crippen MR) is 73.9 cm³/mol. The zero-order valence-electron chi connectivity index (χ0n) is 9.74. The number of amides is 1. The van der Waals surface area contributed by atoms with Crippen molar-refractivity contribution in [2.75, 3.05) is 5.73 Å². The van der Waals surface area contributed by atoms with Crippen LogP contribution in [0.4, 0.5) is 5.69 Å². The van der Waals surface area contributed by atoms with Gasteiger partial charge in [-0.3, -0.25) is 4.79 Å². The summed E-state index contributed by atoms with van der Waals surface area (Å²) in [7, 11) is 0. The van der Waals surface area contributed by atoms with E-state index in [2.05, 4.69) is 10.3 Å². The average Bonchev–Trinajstić information content (AvgIpc) is 2.72. The molecule has 4 nitrogen and oxygen atoms in total. The van der Waals surface area contributed by atoms with Gasteiger partial charge in [-0.1, -0.05) is 11.6 Å². The number of nitrogens with two attached hydrogens (primary N) is 1. The highest BCUT2D eigenvalue weighted by atomic mass is 35.5. The van der Waals surface area contributed by atoms with Gasteiger partial charge in [-0.2, -0.15) is 0 Å². The molecule has 0 fully saturated rings. The summed E-state index contributed by atoms with van der Waals surface area (Å²) < 4.78 is 0. The molecule has 0 aliphatic heterocycles. The van der Waals surface area contributed by atoms with E-state index >= 15 is 0 Å². The van der Waals surface area contributed by atoms with Gasteiger partial charge in [0.05, 0.1) is 17.1 Å². The highest BCUT2D eigenvalue weighted by molar-refractivity contribution is 7.11. The molecule has 18 heavy (non-hydrogen) atoms. The van der Waals surface area contributed by atoms with Gasteiger partial charge in [0.1, 0.15) is 0 Å². The number of hydrogen-bond donors (Lipinski definition) is 2. The van der Waals surface area contributed by atoms with Gasteiger partial charge >= 0.3 is 0 Å². The van der Waals surface area contributed by atoms with Crippen LogP contribution in [0.1, 0.15) is 20.2 Å². The number of rotatable bonds is 3. The molecule has 0 saturated carbocycles. The predicted octanol–water partition coefficient (Wildman–Crippen LogP) is 2.62. The van der Waals surface area contributed by atoms with Crippen LogP contribution in [0.2, 0.25) is 5.02 Å². The fourth-order valence-corrected chi connectivity index (χ4v) is 2.41. The Kier molecular flexibility index (Phi) is 3.84. The van der Waals surface area contributed by atoms with Crippen molar-refractivity contribution in [2.45, 2.75) is 13.5 Å². The van der Waals surface area contributed by atoms with Crippen molar-refractivity contribution in [3.63, 3.8) is 0 Å². The van der Waals surface area contributed by atoms with Gasteiger partial charge in [0.15, 0.2) is 0 Å². The third-order valence-corrected chi connectivity index (χ3v) is 3.50. The zero-order valence-corrected chi connectivity index (χ0v) is 11.3. The van der Waals surface area contributed by atoms with Gasteiger partial charge < -0.3 is 11.1 Å². The molecule has 94 valence electrons. The van der Waals surface area contributed by atoms with E-state index in [1.165, 1.54) is 0 Å². The van der Waals surface area contributed by atoms with E-state index in [9.17, 15) is 4.79 Å². The van der Waals surface area contributed by atoms with Crippen molar-refractivity contribution in [1.82, 2.24) is 10.3 Å². The minimum Gasteiger partial charge on any atom is -0.398 e. The Balaban J connectivity index is 2.03. The number of aryl methyl sites for hydroxylation is 1. The van der Waals surface area contributed by atoms with Crippen molar-refractivity contribution < 1.29 is 4.79 Å². The van der Waals surface area contributed by atoms with Crippen LogP contribution >= 0.6 is 22.9 Å². The number of nitrogens with zero attached hydrogens (tertiary/aromatic N) is 1.